The lowest BCUT2D eigenvalue weighted by Gasteiger charge is -2.09. The van der Waals surface area contributed by atoms with Crippen LogP contribution < -0.4 is 20.7 Å². The highest BCUT2D eigenvalue weighted by molar-refractivity contribution is 6.04. The van der Waals surface area contributed by atoms with Gasteiger partial charge in [-0.3, -0.25) is 9.59 Å². The minimum Gasteiger partial charge on any atom is -0.497 e. The zero-order valence-corrected chi connectivity index (χ0v) is 16.1. The van der Waals surface area contributed by atoms with Crippen molar-refractivity contribution in [2.45, 2.75) is 0 Å². The number of anilines is 2. The number of benzene rings is 2. The second kappa shape index (κ2) is 11.9. The van der Waals surface area contributed by atoms with E-state index in [4.69, 9.17) is 9.47 Å². The van der Waals surface area contributed by atoms with Gasteiger partial charge in [-0.1, -0.05) is 0 Å². The Morgan fingerprint density at radius 2 is 1.48 bits per heavy atom. The van der Waals surface area contributed by atoms with Crippen molar-refractivity contribution in [1.82, 2.24) is 5.32 Å². The van der Waals surface area contributed by atoms with E-state index in [1.165, 1.54) is 0 Å². The molecule has 0 aromatic heterocycles. The summed E-state index contributed by atoms with van der Waals surface area (Å²) in [5.74, 6) is 0.339. The predicted octanol–water partition coefficient (Wildman–Crippen LogP) is 2.54. The normalized spacial score (nSPS) is 9.85. The molecule has 2 aromatic carbocycles. The molecule has 0 radical (unpaired) electrons. The van der Waals surface area contributed by atoms with E-state index in [0.717, 1.165) is 5.75 Å². The Bertz CT molecular complexity index is 721. The third-order valence-corrected chi connectivity index (χ3v) is 3.55. The molecular formula is C19H24ClN3O4. The Hall–Kier alpha value is -2.61. The number of carbonyl (C=O) groups excluding carboxylic acids is 2. The van der Waals surface area contributed by atoms with Gasteiger partial charge in [0.1, 0.15) is 5.75 Å². The van der Waals surface area contributed by atoms with E-state index in [1.807, 2.05) is 0 Å². The average Bonchev–Trinajstić information content (AvgIpc) is 2.66. The number of rotatable bonds is 9. The summed E-state index contributed by atoms with van der Waals surface area (Å²) in [6, 6.07) is 13.8. The molecule has 7 nitrogen and oxygen atoms in total. The van der Waals surface area contributed by atoms with Gasteiger partial charge in [-0.2, -0.15) is 0 Å². The van der Waals surface area contributed by atoms with Crippen molar-refractivity contribution in [3.05, 3.63) is 54.1 Å². The van der Waals surface area contributed by atoms with Crippen molar-refractivity contribution in [3.63, 3.8) is 0 Å². The highest BCUT2D eigenvalue weighted by Crippen LogP contribution is 2.16. The number of methoxy groups -OCH3 is 2. The second-order valence-corrected chi connectivity index (χ2v) is 5.48. The van der Waals surface area contributed by atoms with Crippen LogP contribution in [0.1, 0.15) is 10.4 Å². The lowest BCUT2D eigenvalue weighted by molar-refractivity contribution is -0.115. The van der Waals surface area contributed by atoms with E-state index in [9.17, 15) is 9.59 Å². The topological polar surface area (TPSA) is 88.7 Å². The largest absolute Gasteiger partial charge is 0.497 e. The summed E-state index contributed by atoms with van der Waals surface area (Å²) in [6.07, 6.45) is 0. The number of halogens is 1. The van der Waals surface area contributed by atoms with Gasteiger partial charge in [-0.15, -0.1) is 12.4 Å². The molecule has 0 aliphatic carbocycles. The Labute approximate surface area is 164 Å². The van der Waals surface area contributed by atoms with Crippen LogP contribution in [0.2, 0.25) is 0 Å². The number of amides is 2. The van der Waals surface area contributed by atoms with Crippen LogP contribution in [0.3, 0.4) is 0 Å². The number of ether oxygens (including phenoxy) is 2. The first kappa shape index (κ1) is 22.4. The molecule has 0 aliphatic rings. The van der Waals surface area contributed by atoms with Crippen LogP contribution in [0, 0.1) is 0 Å². The van der Waals surface area contributed by atoms with Crippen LogP contribution in [0.25, 0.3) is 0 Å². The fourth-order valence-electron chi connectivity index (χ4n) is 2.16. The number of carbonyl (C=O) groups is 2. The van der Waals surface area contributed by atoms with Crippen LogP contribution in [0.4, 0.5) is 11.4 Å². The van der Waals surface area contributed by atoms with Crippen molar-refractivity contribution in [2.75, 3.05) is 44.5 Å². The standard InChI is InChI=1S/C19H23N3O4.ClH/c1-25-12-11-20-13-18(23)21-15-5-3-14(4-6-15)19(24)22-16-7-9-17(26-2)10-8-16;/h3-10,20H,11-13H2,1-2H3,(H,21,23)(H,22,24);1H. The molecular weight excluding hydrogens is 370 g/mol. The minimum atomic E-state index is -0.228. The Balaban J connectivity index is 0.00000364. The average molecular weight is 394 g/mol. The monoisotopic (exact) mass is 393 g/mol. The first-order valence-corrected chi connectivity index (χ1v) is 8.17. The summed E-state index contributed by atoms with van der Waals surface area (Å²) in [7, 11) is 3.19. The molecule has 0 atom stereocenters. The summed E-state index contributed by atoms with van der Waals surface area (Å²) in [5, 5.41) is 8.53. The maximum Gasteiger partial charge on any atom is 0.255 e. The number of nitrogens with one attached hydrogen (secondary N) is 3. The fourth-order valence-corrected chi connectivity index (χ4v) is 2.16. The maximum absolute atomic E-state index is 12.3. The van der Waals surface area contributed by atoms with Gasteiger partial charge >= 0.3 is 0 Å². The molecule has 146 valence electrons. The quantitative estimate of drug-likeness (QED) is 0.570. The van der Waals surface area contributed by atoms with Crippen LogP contribution in [0.5, 0.6) is 5.75 Å². The van der Waals surface area contributed by atoms with Gasteiger partial charge in [0.2, 0.25) is 5.91 Å². The van der Waals surface area contributed by atoms with Crippen molar-refractivity contribution in [2.24, 2.45) is 0 Å². The zero-order valence-electron chi connectivity index (χ0n) is 15.3. The maximum atomic E-state index is 12.3. The van der Waals surface area contributed by atoms with Gasteiger partial charge in [0.15, 0.2) is 0 Å². The van der Waals surface area contributed by atoms with E-state index < -0.39 is 0 Å². The fraction of sp³-hybridized carbons (Fsp3) is 0.263. The van der Waals surface area contributed by atoms with Crippen molar-refractivity contribution >= 4 is 35.6 Å². The van der Waals surface area contributed by atoms with Gasteiger partial charge in [0, 0.05) is 30.6 Å². The van der Waals surface area contributed by atoms with Crippen molar-refractivity contribution in [1.29, 1.82) is 0 Å². The molecule has 2 amide bonds. The van der Waals surface area contributed by atoms with Crippen LogP contribution in [0.15, 0.2) is 48.5 Å². The second-order valence-electron chi connectivity index (χ2n) is 5.48. The first-order valence-electron chi connectivity index (χ1n) is 8.17. The summed E-state index contributed by atoms with van der Waals surface area (Å²) in [5.41, 5.74) is 1.80. The third kappa shape index (κ3) is 7.65. The molecule has 27 heavy (non-hydrogen) atoms. The Morgan fingerprint density at radius 3 is 2.07 bits per heavy atom. The minimum absolute atomic E-state index is 0. The van der Waals surface area contributed by atoms with Gasteiger partial charge in [0.25, 0.3) is 5.91 Å². The van der Waals surface area contributed by atoms with Crippen molar-refractivity contribution in [3.8, 4) is 5.75 Å². The van der Waals surface area contributed by atoms with E-state index in [0.29, 0.717) is 30.1 Å². The predicted molar refractivity (Wildman–Crippen MR) is 108 cm³/mol. The molecule has 0 saturated heterocycles. The molecule has 2 aromatic rings. The summed E-state index contributed by atoms with van der Waals surface area (Å²) in [6.45, 7) is 1.35. The van der Waals surface area contributed by atoms with Crippen LogP contribution in [-0.2, 0) is 9.53 Å². The van der Waals surface area contributed by atoms with Crippen molar-refractivity contribution < 1.29 is 19.1 Å². The van der Waals surface area contributed by atoms with Gasteiger partial charge in [-0.05, 0) is 48.5 Å². The SMILES string of the molecule is COCCNCC(=O)Nc1ccc(C(=O)Nc2ccc(OC)cc2)cc1.Cl. The molecule has 0 unspecified atom stereocenters. The zero-order chi connectivity index (χ0) is 18.8. The smallest absolute Gasteiger partial charge is 0.255 e. The molecule has 0 saturated carbocycles. The van der Waals surface area contributed by atoms with E-state index >= 15 is 0 Å². The van der Waals surface area contributed by atoms with Gasteiger partial charge < -0.3 is 25.4 Å². The molecule has 0 bridgehead atoms. The molecule has 0 heterocycles. The molecule has 2 rings (SSSR count). The van der Waals surface area contributed by atoms with E-state index in [2.05, 4.69) is 16.0 Å². The molecule has 8 heteroatoms. The van der Waals surface area contributed by atoms with E-state index in [1.54, 1.807) is 62.8 Å². The summed E-state index contributed by atoms with van der Waals surface area (Å²) in [4.78, 5) is 24.0. The first-order chi connectivity index (χ1) is 12.6. The molecule has 0 spiro atoms. The Kier molecular flexibility index (Phi) is 9.89. The summed E-state index contributed by atoms with van der Waals surface area (Å²) >= 11 is 0. The van der Waals surface area contributed by atoms with Crippen LogP contribution >= 0.6 is 12.4 Å². The molecule has 0 aliphatic heterocycles. The number of hydrogen-bond acceptors (Lipinski definition) is 5. The molecule has 3 N–H and O–H groups in total. The summed E-state index contributed by atoms with van der Waals surface area (Å²) < 4.78 is 9.98. The highest BCUT2D eigenvalue weighted by atomic mass is 35.5. The van der Waals surface area contributed by atoms with Gasteiger partial charge in [-0.25, -0.2) is 0 Å². The Morgan fingerprint density at radius 1 is 0.889 bits per heavy atom. The van der Waals surface area contributed by atoms with Gasteiger partial charge in [0.05, 0.1) is 20.3 Å². The number of hydrogen-bond donors (Lipinski definition) is 3. The lowest BCUT2D eigenvalue weighted by atomic mass is 10.2. The highest BCUT2D eigenvalue weighted by Gasteiger charge is 2.07. The van der Waals surface area contributed by atoms with E-state index in [-0.39, 0.29) is 30.8 Å². The lowest BCUT2D eigenvalue weighted by Crippen LogP contribution is -2.30. The third-order valence-electron chi connectivity index (χ3n) is 3.55. The van der Waals surface area contributed by atoms with Crippen LogP contribution in [-0.4, -0.2) is 45.7 Å². The molecule has 0 fully saturated rings.